The van der Waals surface area contributed by atoms with Gasteiger partial charge < -0.3 is 14.5 Å². The molecule has 2 heterocycles. The number of oxazole rings is 1. The fraction of sp³-hybridized carbons (Fsp3) is 0.545. The monoisotopic (exact) mass is 398 g/mol. The van der Waals surface area contributed by atoms with Gasteiger partial charge in [-0.3, -0.25) is 14.6 Å². The zero-order valence-electron chi connectivity index (χ0n) is 17.1. The molecule has 2 aliphatic rings. The molecule has 2 fully saturated rings. The molecule has 0 radical (unpaired) electrons. The van der Waals surface area contributed by atoms with Crippen molar-refractivity contribution in [2.24, 2.45) is 0 Å². The minimum absolute atomic E-state index is 0.138. The highest BCUT2D eigenvalue weighted by atomic mass is 16.5. The van der Waals surface area contributed by atoms with Crippen LogP contribution in [0.2, 0.25) is 0 Å². The molecule has 7 nitrogen and oxygen atoms in total. The van der Waals surface area contributed by atoms with E-state index in [-0.39, 0.29) is 5.91 Å². The summed E-state index contributed by atoms with van der Waals surface area (Å²) in [5, 5.41) is 2.96. The average molecular weight is 399 g/mol. The van der Waals surface area contributed by atoms with Gasteiger partial charge in [0.05, 0.1) is 19.8 Å². The molecule has 1 N–H and O–H groups in total. The predicted molar refractivity (Wildman–Crippen MR) is 110 cm³/mol. The van der Waals surface area contributed by atoms with E-state index in [9.17, 15) is 4.79 Å². The van der Waals surface area contributed by atoms with E-state index < -0.39 is 0 Å². The van der Waals surface area contributed by atoms with Crippen molar-refractivity contribution in [1.29, 1.82) is 0 Å². The molecule has 1 aliphatic carbocycles. The molecule has 1 aromatic carbocycles. The number of nitrogens with zero attached hydrogens (tertiary/aromatic N) is 3. The van der Waals surface area contributed by atoms with Crippen LogP contribution in [-0.4, -0.2) is 66.1 Å². The third kappa shape index (κ3) is 5.88. The fourth-order valence-electron chi connectivity index (χ4n) is 3.52. The van der Waals surface area contributed by atoms with Gasteiger partial charge in [0, 0.05) is 38.8 Å². The van der Waals surface area contributed by atoms with E-state index in [1.165, 1.54) is 17.4 Å². The molecule has 1 saturated heterocycles. The van der Waals surface area contributed by atoms with Gasteiger partial charge in [-0.1, -0.05) is 24.3 Å². The number of morpholine rings is 1. The number of aromatic nitrogens is 1. The Morgan fingerprint density at radius 1 is 1.24 bits per heavy atom. The summed E-state index contributed by atoms with van der Waals surface area (Å²) in [5.74, 6) is 0.447. The number of aryl methyl sites for hydroxylation is 1. The van der Waals surface area contributed by atoms with Gasteiger partial charge in [-0.05, 0) is 30.9 Å². The summed E-state index contributed by atoms with van der Waals surface area (Å²) in [6, 6.07) is 8.76. The van der Waals surface area contributed by atoms with E-state index >= 15 is 0 Å². The molecule has 2 aromatic rings. The molecule has 0 spiro atoms. The van der Waals surface area contributed by atoms with Crippen LogP contribution >= 0.6 is 0 Å². The second-order valence-corrected chi connectivity index (χ2v) is 7.97. The van der Waals surface area contributed by atoms with Crippen molar-refractivity contribution >= 4 is 5.91 Å². The van der Waals surface area contributed by atoms with Crippen LogP contribution in [0.1, 0.15) is 40.3 Å². The van der Waals surface area contributed by atoms with Crippen LogP contribution in [0, 0.1) is 6.92 Å². The van der Waals surface area contributed by atoms with E-state index in [4.69, 9.17) is 9.15 Å². The lowest BCUT2D eigenvalue weighted by atomic mass is 10.1. The lowest BCUT2D eigenvalue weighted by Crippen LogP contribution is -2.41. The van der Waals surface area contributed by atoms with Gasteiger partial charge in [0.1, 0.15) is 6.26 Å². The van der Waals surface area contributed by atoms with E-state index in [0.717, 1.165) is 58.8 Å². The van der Waals surface area contributed by atoms with Crippen LogP contribution in [0.25, 0.3) is 0 Å². The minimum atomic E-state index is -0.138. The quantitative estimate of drug-likeness (QED) is 0.698. The normalized spacial score (nSPS) is 17.6. The third-order valence-corrected chi connectivity index (χ3v) is 5.55. The highest BCUT2D eigenvalue weighted by molar-refractivity contribution is 5.92. The Kier molecular flexibility index (Phi) is 6.59. The summed E-state index contributed by atoms with van der Waals surface area (Å²) in [5.41, 5.74) is 2.95. The maximum absolute atomic E-state index is 12.2. The van der Waals surface area contributed by atoms with Gasteiger partial charge in [0.2, 0.25) is 5.89 Å². The zero-order valence-corrected chi connectivity index (χ0v) is 17.1. The number of benzene rings is 1. The molecule has 156 valence electrons. The number of hydrogen-bond acceptors (Lipinski definition) is 6. The van der Waals surface area contributed by atoms with Crippen molar-refractivity contribution in [2.75, 3.05) is 39.4 Å². The molecule has 0 atom stereocenters. The second kappa shape index (κ2) is 9.52. The largest absolute Gasteiger partial charge is 0.447 e. The van der Waals surface area contributed by atoms with Gasteiger partial charge in [-0.2, -0.15) is 0 Å². The molecule has 0 bridgehead atoms. The van der Waals surface area contributed by atoms with E-state index in [1.54, 1.807) is 0 Å². The Labute approximate surface area is 172 Å². The SMILES string of the molecule is Cc1ccccc1CN(CCN1CCOCC1)Cc1nc(C(=O)NC2CC2)co1. The maximum Gasteiger partial charge on any atom is 0.273 e. The van der Waals surface area contributed by atoms with Gasteiger partial charge in [-0.25, -0.2) is 4.98 Å². The number of ether oxygens (including phenoxy) is 1. The average Bonchev–Trinajstić information content (AvgIpc) is 3.43. The van der Waals surface area contributed by atoms with Crippen LogP contribution in [0.3, 0.4) is 0 Å². The lowest BCUT2D eigenvalue weighted by Gasteiger charge is -2.29. The molecule has 0 unspecified atom stereocenters. The molecule has 29 heavy (non-hydrogen) atoms. The van der Waals surface area contributed by atoms with Crippen molar-refractivity contribution in [1.82, 2.24) is 20.1 Å². The van der Waals surface area contributed by atoms with Crippen molar-refractivity contribution in [2.45, 2.75) is 38.9 Å². The molecule has 1 aliphatic heterocycles. The van der Waals surface area contributed by atoms with Crippen molar-refractivity contribution in [3.8, 4) is 0 Å². The topological polar surface area (TPSA) is 70.8 Å². The van der Waals surface area contributed by atoms with E-state index in [0.29, 0.717) is 24.2 Å². The van der Waals surface area contributed by atoms with Crippen molar-refractivity contribution in [3.63, 3.8) is 0 Å². The smallest absolute Gasteiger partial charge is 0.273 e. The summed E-state index contributed by atoms with van der Waals surface area (Å²) in [6.07, 6.45) is 3.59. The Morgan fingerprint density at radius 2 is 2.03 bits per heavy atom. The Morgan fingerprint density at radius 3 is 2.79 bits per heavy atom. The highest BCUT2D eigenvalue weighted by Gasteiger charge is 2.25. The van der Waals surface area contributed by atoms with Gasteiger partial charge in [0.15, 0.2) is 5.69 Å². The summed E-state index contributed by atoms with van der Waals surface area (Å²) < 4.78 is 11.1. The fourth-order valence-corrected chi connectivity index (χ4v) is 3.52. The number of amides is 1. The lowest BCUT2D eigenvalue weighted by molar-refractivity contribution is 0.0320. The number of rotatable bonds is 9. The highest BCUT2D eigenvalue weighted by Crippen LogP contribution is 2.19. The number of nitrogens with one attached hydrogen (secondary N) is 1. The summed E-state index contributed by atoms with van der Waals surface area (Å²) in [7, 11) is 0. The van der Waals surface area contributed by atoms with Crippen LogP contribution in [0.5, 0.6) is 0 Å². The first-order valence-electron chi connectivity index (χ1n) is 10.5. The summed E-state index contributed by atoms with van der Waals surface area (Å²) in [4.78, 5) is 21.4. The third-order valence-electron chi connectivity index (χ3n) is 5.55. The van der Waals surface area contributed by atoms with Crippen LogP contribution in [-0.2, 0) is 17.8 Å². The van der Waals surface area contributed by atoms with E-state index in [1.807, 2.05) is 0 Å². The first-order valence-corrected chi connectivity index (χ1v) is 10.5. The number of hydrogen-bond donors (Lipinski definition) is 1. The first kappa shape index (κ1) is 20.1. The van der Waals surface area contributed by atoms with Crippen LogP contribution in [0.15, 0.2) is 34.9 Å². The van der Waals surface area contributed by atoms with E-state index in [2.05, 4.69) is 51.3 Å². The summed E-state index contributed by atoms with van der Waals surface area (Å²) >= 11 is 0. The number of carbonyl (C=O) groups is 1. The number of carbonyl (C=O) groups excluding carboxylic acids is 1. The Bertz CT molecular complexity index is 812. The van der Waals surface area contributed by atoms with Gasteiger partial charge in [-0.15, -0.1) is 0 Å². The van der Waals surface area contributed by atoms with Crippen molar-refractivity contribution < 1.29 is 13.9 Å². The molecular weight excluding hydrogens is 368 g/mol. The summed E-state index contributed by atoms with van der Waals surface area (Å²) in [6.45, 7) is 8.98. The Hall–Kier alpha value is -2.22. The van der Waals surface area contributed by atoms with Gasteiger partial charge >= 0.3 is 0 Å². The molecule has 1 aromatic heterocycles. The molecule has 1 amide bonds. The van der Waals surface area contributed by atoms with Crippen LogP contribution < -0.4 is 5.32 Å². The standard InChI is InChI=1S/C22H30N4O3/c1-17-4-2-3-5-18(17)14-26(9-8-25-10-12-28-13-11-25)15-21-24-20(16-29-21)22(27)23-19-6-7-19/h2-5,16,19H,6-15H2,1H3,(H,23,27). The molecule has 4 rings (SSSR count). The zero-order chi connectivity index (χ0) is 20.1. The van der Waals surface area contributed by atoms with Crippen molar-refractivity contribution in [3.05, 3.63) is 53.2 Å². The molecule has 1 saturated carbocycles. The predicted octanol–water partition coefficient (Wildman–Crippen LogP) is 2.21. The Balaban J connectivity index is 1.40. The molecule has 7 heteroatoms. The minimum Gasteiger partial charge on any atom is -0.447 e. The second-order valence-electron chi connectivity index (χ2n) is 7.97. The first-order chi connectivity index (χ1) is 14.2. The van der Waals surface area contributed by atoms with Gasteiger partial charge in [0.25, 0.3) is 5.91 Å². The molecular formula is C22H30N4O3. The van der Waals surface area contributed by atoms with Crippen LogP contribution in [0.4, 0.5) is 0 Å². The maximum atomic E-state index is 12.2.